The fourth-order valence-electron chi connectivity index (χ4n) is 6.09. The first kappa shape index (κ1) is 24.9. The molecule has 7 heteroatoms. The zero-order valence-electron chi connectivity index (χ0n) is 22.5. The van der Waals surface area contributed by atoms with E-state index in [4.69, 9.17) is 10.3 Å². The van der Waals surface area contributed by atoms with Crippen molar-refractivity contribution in [1.29, 1.82) is 0 Å². The average molecular weight is 521 g/mol. The Kier molecular flexibility index (Phi) is 6.22. The van der Waals surface area contributed by atoms with Crippen molar-refractivity contribution < 1.29 is 14.1 Å². The van der Waals surface area contributed by atoms with Crippen LogP contribution < -0.4 is 5.73 Å². The van der Waals surface area contributed by atoms with Gasteiger partial charge in [0.15, 0.2) is 0 Å². The zero-order valence-corrected chi connectivity index (χ0v) is 22.5. The Morgan fingerprint density at radius 1 is 1.03 bits per heavy atom. The number of carbonyl (C=O) groups is 2. The Labute approximate surface area is 227 Å². The number of rotatable bonds is 5. The predicted molar refractivity (Wildman–Crippen MR) is 153 cm³/mol. The monoisotopic (exact) mass is 520 g/mol. The lowest BCUT2D eigenvalue weighted by Crippen LogP contribution is -2.42. The topological polar surface area (TPSA) is 94.4 Å². The SMILES string of the molecule is Cc1noc(C)c1-c1cc(C(N)=O)c2c3cc(C(=O)N4CCCCC4C)ccc3n(Cc3ccccc3)c2c1. The van der Waals surface area contributed by atoms with E-state index in [2.05, 4.69) is 34.8 Å². The second kappa shape index (κ2) is 9.73. The van der Waals surface area contributed by atoms with E-state index in [1.165, 1.54) is 0 Å². The number of piperidine rings is 1. The number of nitrogens with two attached hydrogens (primary N) is 1. The first-order chi connectivity index (χ1) is 18.8. The highest BCUT2D eigenvalue weighted by Gasteiger charge is 2.26. The number of hydrogen-bond donors (Lipinski definition) is 1. The molecule has 3 aromatic carbocycles. The van der Waals surface area contributed by atoms with Crippen LogP contribution in [0.2, 0.25) is 0 Å². The molecule has 2 amide bonds. The van der Waals surface area contributed by atoms with Crippen LogP contribution in [0.15, 0.2) is 65.2 Å². The van der Waals surface area contributed by atoms with E-state index < -0.39 is 5.91 Å². The third kappa shape index (κ3) is 4.28. The van der Waals surface area contributed by atoms with Crippen molar-refractivity contribution in [1.82, 2.24) is 14.6 Å². The molecule has 0 saturated carbocycles. The van der Waals surface area contributed by atoms with Gasteiger partial charge in [-0.05, 0) is 81.5 Å². The summed E-state index contributed by atoms with van der Waals surface area (Å²) in [6, 6.07) is 20.2. The summed E-state index contributed by atoms with van der Waals surface area (Å²) in [5, 5.41) is 5.72. The molecule has 1 aliphatic heterocycles. The lowest BCUT2D eigenvalue weighted by Gasteiger charge is -2.33. The van der Waals surface area contributed by atoms with E-state index in [1.54, 1.807) is 0 Å². The standard InChI is InChI=1S/C32H32N4O3/c1-19-9-7-8-14-35(19)32(38)23-12-13-27-25(15-23)30-26(31(33)37)16-24(29-20(2)34-39-21(29)3)17-28(30)36(27)18-22-10-5-4-6-11-22/h4-6,10-13,15-17,19H,7-9,14,18H2,1-3H3,(H2,33,37). The maximum Gasteiger partial charge on any atom is 0.254 e. The van der Waals surface area contributed by atoms with Gasteiger partial charge >= 0.3 is 0 Å². The molecule has 39 heavy (non-hydrogen) atoms. The Hall–Kier alpha value is -4.39. The molecular formula is C32H32N4O3. The minimum atomic E-state index is -0.520. The van der Waals surface area contributed by atoms with Gasteiger partial charge in [0.25, 0.3) is 5.91 Å². The van der Waals surface area contributed by atoms with Gasteiger partial charge in [-0.25, -0.2) is 0 Å². The smallest absolute Gasteiger partial charge is 0.254 e. The normalized spacial score (nSPS) is 15.8. The van der Waals surface area contributed by atoms with Crippen molar-refractivity contribution in [2.24, 2.45) is 5.73 Å². The van der Waals surface area contributed by atoms with Gasteiger partial charge in [0.05, 0.1) is 11.2 Å². The highest BCUT2D eigenvalue weighted by molar-refractivity contribution is 6.20. The number of fused-ring (bicyclic) bond motifs is 3. The third-order valence-corrected chi connectivity index (χ3v) is 8.05. The number of aryl methyl sites for hydroxylation is 2. The second-order valence-corrected chi connectivity index (χ2v) is 10.6. The highest BCUT2D eigenvalue weighted by Crippen LogP contribution is 2.38. The van der Waals surface area contributed by atoms with Gasteiger partial charge in [-0.1, -0.05) is 35.5 Å². The minimum Gasteiger partial charge on any atom is -0.366 e. The molecule has 1 atom stereocenters. The summed E-state index contributed by atoms with van der Waals surface area (Å²) in [7, 11) is 0. The molecule has 1 fully saturated rings. The summed E-state index contributed by atoms with van der Waals surface area (Å²) in [4.78, 5) is 28.5. The molecule has 0 spiro atoms. The van der Waals surface area contributed by atoms with E-state index in [0.29, 0.717) is 23.4 Å². The molecular weight excluding hydrogens is 488 g/mol. The zero-order chi connectivity index (χ0) is 27.3. The van der Waals surface area contributed by atoms with Crippen LogP contribution in [0.1, 0.15) is 63.9 Å². The number of nitrogens with zero attached hydrogens (tertiary/aromatic N) is 3. The molecule has 5 aromatic rings. The number of aromatic nitrogens is 2. The van der Waals surface area contributed by atoms with Crippen LogP contribution in [-0.4, -0.2) is 39.0 Å². The van der Waals surface area contributed by atoms with Gasteiger partial charge in [-0.3, -0.25) is 9.59 Å². The van der Waals surface area contributed by atoms with Crippen LogP contribution >= 0.6 is 0 Å². The van der Waals surface area contributed by atoms with Crippen molar-refractivity contribution in [3.05, 3.63) is 88.8 Å². The molecule has 0 radical (unpaired) electrons. The van der Waals surface area contributed by atoms with Gasteiger partial charge in [0.1, 0.15) is 5.76 Å². The van der Waals surface area contributed by atoms with Crippen molar-refractivity contribution in [2.45, 2.75) is 52.6 Å². The van der Waals surface area contributed by atoms with E-state index in [0.717, 1.165) is 70.0 Å². The second-order valence-electron chi connectivity index (χ2n) is 10.6. The van der Waals surface area contributed by atoms with Crippen LogP contribution in [0, 0.1) is 13.8 Å². The Bertz CT molecular complexity index is 1710. The van der Waals surface area contributed by atoms with Crippen LogP contribution in [0.5, 0.6) is 0 Å². The number of amides is 2. The van der Waals surface area contributed by atoms with Crippen LogP contribution in [0.3, 0.4) is 0 Å². The first-order valence-corrected chi connectivity index (χ1v) is 13.5. The molecule has 0 aliphatic carbocycles. The van der Waals surface area contributed by atoms with Gasteiger partial charge in [-0.2, -0.15) is 0 Å². The van der Waals surface area contributed by atoms with E-state index in [-0.39, 0.29) is 11.9 Å². The fourth-order valence-corrected chi connectivity index (χ4v) is 6.09. The maximum atomic E-state index is 13.6. The largest absolute Gasteiger partial charge is 0.366 e. The molecule has 198 valence electrons. The fraction of sp³-hybridized carbons (Fsp3) is 0.281. The first-order valence-electron chi connectivity index (χ1n) is 13.5. The molecule has 1 unspecified atom stereocenters. The molecule has 1 aliphatic rings. The maximum absolute atomic E-state index is 13.6. The lowest BCUT2D eigenvalue weighted by molar-refractivity contribution is 0.0635. The van der Waals surface area contributed by atoms with Crippen molar-refractivity contribution >= 4 is 33.6 Å². The van der Waals surface area contributed by atoms with Gasteiger partial charge in [0.2, 0.25) is 5.91 Å². The quantitative estimate of drug-likeness (QED) is 0.297. The van der Waals surface area contributed by atoms with E-state index in [1.807, 2.05) is 61.2 Å². The summed E-state index contributed by atoms with van der Waals surface area (Å²) in [5.41, 5.74) is 12.4. The van der Waals surface area contributed by atoms with E-state index >= 15 is 0 Å². The number of benzene rings is 3. The molecule has 6 rings (SSSR count). The molecule has 3 heterocycles. The molecule has 7 nitrogen and oxygen atoms in total. The summed E-state index contributed by atoms with van der Waals surface area (Å²) in [5.74, 6) is 0.186. The number of hydrogen-bond acceptors (Lipinski definition) is 4. The average Bonchev–Trinajstić information content (AvgIpc) is 3.44. The summed E-state index contributed by atoms with van der Waals surface area (Å²) in [6.07, 6.45) is 3.18. The van der Waals surface area contributed by atoms with Gasteiger partial charge in [-0.15, -0.1) is 0 Å². The van der Waals surface area contributed by atoms with Gasteiger partial charge < -0.3 is 19.7 Å². The van der Waals surface area contributed by atoms with E-state index in [9.17, 15) is 9.59 Å². The highest BCUT2D eigenvalue weighted by atomic mass is 16.5. The Morgan fingerprint density at radius 2 is 1.82 bits per heavy atom. The summed E-state index contributed by atoms with van der Waals surface area (Å²) in [6.45, 7) is 7.23. The predicted octanol–water partition coefficient (Wildman–Crippen LogP) is 6.23. The Balaban J connectivity index is 1.62. The minimum absolute atomic E-state index is 0.0287. The number of likely N-dealkylation sites (tertiary alicyclic amines) is 1. The molecule has 0 bridgehead atoms. The third-order valence-electron chi connectivity index (χ3n) is 8.05. The summed E-state index contributed by atoms with van der Waals surface area (Å²) < 4.78 is 7.64. The van der Waals surface area contributed by atoms with Crippen LogP contribution in [-0.2, 0) is 6.54 Å². The van der Waals surface area contributed by atoms with Crippen molar-refractivity contribution in [3.8, 4) is 11.1 Å². The lowest BCUT2D eigenvalue weighted by atomic mass is 9.96. The molecule has 1 saturated heterocycles. The molecule has 2 N–H and O–H groups in total. The summed E-state index contributed by atoms with van der Waals surface area (Å²) >= 11 is 0. The van der Waals surface area contributed by atoms with Crippen molar-refractivity contribution in [3.63, 3.8) is 0 Å². The Morgan fingerprint density at radius 3 is 2.51 bits per heavy atom. The number of primary amides is 1. The number of carbonyl (C=O) groups excluding carboxylic acids is 2. The van der Waals surface area contributed by atoms with Crippen LogP contribution in [0.25, 0.3) is 32.9 Å². The van der Waals surface area contributed by atoms with Gasteiger partial charge in [0, 0.05) is 52.1 Å². The molecule has 2 aromatic heterocycles. The van der Waals surface area contributed by atoms with Crippen LogP contribution in [0.4, 0.5) is 0 Å². The van der Waals surface area contributed by atoms with Crippen molar-refractivity contribution in [2.75, 3.05) is 6.54 Å².